The summed E-state index contributed by atoms with van der Waals surface area (Å²) in [6, 6.07) is 4.73. The lowest BCUT2D eigenvalue weighted by molar-refractivity contribution is -0.184. The maximum atomic E-state index is 12.7. The van der Waals surface area contributed by atoms with E-state index in [1.807, 2.05) is 0 Å². The highest BCUT2D eigenvalue weighted by atomic mass is 35.5. The minimum absolute atomic E-state index is 0.165. The largest absolute Gasteiger partial charge is 0.412 e. The Balaban J connectivity index is 2.57. The molecule has 0 saturated heterocycles. The summed E-state index contributed by atoms with van der Waals surface area (Å²) in [7, 11) is 0. The molecule has 0 aliphatic carbocycles. The predicted octanol–water partition coefficient (Wildman–Crippen LogP) is 3.69. The Morgan fingerprint density at radius 1 is 1.35 bits per heavy atom. The number of hydrogen-bond acceptors (Lipinski definition) is 3. The van der Waals surface area contributed by atoms with Crippen molar-refractivity contribution in [1.29, 1.82) is 0 Å². The zero-order valence-corrected chi connectivity index (χ0v) is 10.2. The highest BCUT2D eigenvalue weighted by Crippen LogP contribution is 2.39. The van der Waals surface area contributed by atoms with Gasteiger partial charge in [0.15, 0.2) is 5.54 Å². The van der Waals surface area contributed by atoms with Crippen LogP contribution in [0.5, 0.6) is 0 Å². The average Bonchev–Trinajstić information content (AvgIpc) is 2.58. The normalized spacial score (nSPS) is 16.1. The predicted molar refractivity (Wildman–Crippen MR) is 62.2 cm³/mol. The second-order valence-electron chi connectivity index (χ2n) is 3.83. The van der Waals surface area contributed by atoms with Gasteiger partial charge in [-0.25, -0.2) is 4.98 Å². The fourth-order valence-electron chi connectivity index (χ4n) is 1.24. The van der Waals surface area contributed by atoms with Gasteiger partial charge in [0.05, 0.1) is 10.2 Å². The van der Waals surface area contributed by atoms with Crippen molar-refractivity contribution in [3.05, 3.63) is 28.2 Å². The van der Waals surface area contributed by atoms with Crippen LogP contribution in [0.25, 0.3) is 10.2 Å². The Morgan fingerprint density at radius 3 is 2.59 bits per heavy atom. The number of benzene rings is 1. The monoisotopic (exact) mass is 280 g/mol. The summed E-state index contributed by atoms with van der Waals surface area (Å²) >= 11 is 6.66. The second kappa shape index (κ2) is 3.83. The molecule has 17 heavy (non-hydrogen) atoms. The van der Waals surface area contributed by atoms with Crippen molar-refractivity contribution >= 4 is 33.2 Å². The van der Waals surface area contributed by atoms with E-state index in [9.17, 15) is 13.2 Å². The van der Waals surface area contributed by atoms with Crippen LogP contribution < -0.4 is 5.73 Å². The zero-order chi connectivity index (χ0) is 12.8. The van der Waals surface area contributed by atoms with Crippen LogP contribution in [0.3, 0.4) is 0 Å². The van der Waals surface area contributed by atoms with Crippen molar-refractivity contribution in [2.24, 2.45) is 5.73 Å². The van der Waals surface area contributed by atoms with Gasteiger partial charge in [-0.1, -0.05) is 11.6 Å². The Kier molecular flexibility index (Phi) is 2.84. The molecular formula is C10H8ClF3N2S. The molecule has 0 radical (unpaired) electrons. The number of fused-ring (bicyclic) bond motifs is 1. The van der Waals surface area contributed by atoms with E-state index in [4.69, 9.17) is 17.3 Å². The lowest BCUT2D eigenvalue weighted by atomic mass is 10.1. The van der Waals surface area contributed by atoms with E-state index in [-0.39, 0.29) is 5.01 Å². The third-order valence-electron chi connectivity index (χ3n) is 2.38. The van der Waals surface area contributed by atoms with Crippen LogP contribution in [0, 0.1) is 0 Å². The maximum Gasteiger partial charge on any atom is 0.412 e. The van der Waals surface area contributed by atoms with E-state index in [1.165, 1.54) is 0 Å². The zero-order valence-electron chi connectivity index (χ0n) is 8.68. The molecule has 1 unspecified atom stereocenters. The van der Waals surface area contributed by atoms with Gasteiger partial charge in [-0.05, 0) is 25.1 Å². The number of alkyl halides is 3. The maximum absolute atomic E-state index is 12.7. The van der Waals surface area contributed by atoms with Crippen molar-refractivity contribution in [2.75, 3.05) is 0 Å². The summed E-state index contributed by atoms with van der Waals surface area (Å²) in [5.74, 6) is 0. The summed E-state index contributed by atoms with van der Waals surface area (Å²) in [6.07, 6.45) is -4.54. The van der Waals surface area contributed by atoms with Crippen molar-refractivity contribution in [3.8, 4) is 0 Å². The minimum Gasteiger partial charge on any atom is -0.312 e. The van der Waals surface area contributed by atoms with E-state index in [0.29, 0.717) is 15.2 Å². The van der Waals surface area contributed by atoms with Gasteiger partial charge >= 0.3 is 6.18 Å². The van der Waals surface area contributed by atoms with Gasteiger partial charge < -0.3 is 5.73 Å². The van der Waals surface area contributed by atoms with Crippen LogP contribution in [0.1, 0.15) is 11.9 Å². The average molecular weight is 281 g/mol. The third-order valence-corrected chi connectivity index (χ3v) is 3.87. The van der Waals surface area contributed by atoms with Gasteiger partial charge in [0.25, 0.3) is 0 Å². The van der Waals surface area contributed by atoms with Crippen LogP contribution in [-0.2, 0) is 5.54 Å². The molecule has 2 aromatic rings. The Morgan fingerprint density at radius 2 is 2.00 bits per heavy atom. The molecule has 2 nitrogen and oxygen atoms in total. The van der Waals surface area contributed by atoms with Crippen LogP contribution in [-0.4, -0.2) is 11.2 Å². The quantitative estimate of drug-likeness (QED) is 0.865. The first kappa shape index (κ1) is 12.6. The highest BCUT2D eigenvalue weighted by Gasteiger charge is 2.51. The Labute approximate surface area is 104 Å². The van der Waals surface area contributed by atoms with Crippen LogP contribution in [0.2, 0.25) is 5.02 Å². The standard InChI is InChI=1S/C10H8ClF3N2S/c1-9(15,10(12,13)14)8-16-6-3-2-5(11)4-7(6)17-8/h2-4H,15H2,1H3. The molecule has 0 aliphatic rings. The van der Waals surface area contributed by atoms with Gasteiger partial charge in [-0.3, -0.25) is 0 Å². The SMILES string of the molecule is CC(N)(c1nc2ccc(Cl)cc2s1)C(F)(F)F. The topological polar surface area (TPSA) is 38.9 Å². The molecular weight excluding hydrogens is 273 g/mol. The minimum atomic E-state index is -4.54. The fourth-order valence-corrected chi connectivity index (χ4v) is 2.56. The number of nitrogens with zero attached hydrogens (tertiary/aromatic N) is 1. The summed E-state index contributed by atoms with van der Waals surface area (Å²) < 4.78 is 38.8. The Hall–Kier alpha value is -0.850. The molecule has 1 aromatic carbocycles. The van der Waals surface area contributed by atoms with E-state index in [0.717, 1.165) is 18.3 Å². The van der Waals surface area contributed by atoms with Gasteiger partial charge in [-0.2, -0.15) is 13.2 Å². The van der Waals surface area contributed by atoms with Crippen molar-refractivity contribution in [3.63, 3.8) is 0 Å². The van der Waals surface area contributed by atoms with Gasteiger partial charge in [-0.15, -0.1) is 11.3 Å². The molecule has 1 heterocycles. The first-order valence-electron chi connectivity index (χ1n) is 4.64. The molecule has 0 saturated carbocycles. The summed E-state index contributed by atoms with van der Waals surface area (Å²) in [5, 5.41) is 0.292. The second-order valence-corrected chi connectivity index (χ2v) is 5.30. The molecule has 1 aromatic heterocycles. The lowest BCUT2D eigenvalue weighted by Gasteiger charge is -2.24. The molecule has 7 heteroatoms. The van der Waals surface area contributed by atoms with E-state index in [1.54, 1.807) is 18.2 Å². The van der Waals surface area contributed by atoms with Crippen LogP contribution in [0.15, 0.2) is 18.2 Å². The van der Waals surface area contributed by atoms with Crippen molar-refractivity contribution < 1.29 is 13.2 Å². The summed E-state index contributed by atoms with van der Waals surface area (Å²) in [5.41, 5.74) is 3.33. The molecule has 0 amide bonds. The molecule has 92 valence electrons. The molecule has 2 N–H and O–H groups in total. The number of nitrogens with two attached hydrogens (primary N) is 1. The molecule has 1 atom stereocenters. The first-order valence-corrected chi connectivity index (χ1v) is 5.83. The number of aromatic nitrogens is 1. The van der Waals surface area contributed by atoms with Crippen LogP contribution in [0.4, 0.5) is 13.2 Å². The number of rotatable bonds is 1. The number of hydrogen-bond donors (Lipinski definition) is 1. The van der Waals surface area contributed by atoms with Crippen LogP contribution >= 0.6 is 22.9 Å². The molecule has 2 rings (SSSR count). The molecule has 0 fully saturated rings. The van der Waals surface area contributed by atoms with Gasteiger partial charge in [0, 0.05) is 5.02 Å². The van der Waals surface area contributed by atoms with E-state index < -0.39 is 11.7 Å². The summed E-state index contributed by atoms with van der Waals surface area (Å²) in [4.78, 5) is 3.91. The first-order chi connectivity index (χ1) is 7.72. The summed E-state index contributed by atoms with van der Waals surface area (Å²) in [6.45, 7) is 0.909. The van der Waals surface area contributed by atoms with E-state index in [2.05, 4.69) is 4.98 Å². The highest BCUT2D eigenvalue weighted by molar-refractivity contribution is 7.18. The van der Waals surface area contributed by atoms with E-state index >= 15 is 0 Å². The fraction of sp³-hybridized carbons (Fsp3) is 0.300. The third kappa shape index (κ3) is 2.12. The molecule has 0 spiro atoms. The number of thiazole rings is 1. The smallest absolute Gasteiger partial charge is 0.312 e. The molecule has 0 aliphatic heterocycles. The lowest BCUT2D eigenvalue weighted by Crippen LogP contribution is -2.47. The van der Waals surface area contributed by atoms with Gasteiger partial charge in [0.2, 0.25) is 0 Å². The van der Waals surface area contributed by atoms with Gasteiger partial charge in [0.1, 0.15) is 5.01 Å². The van der Waals surface area contributed by atoms with Crippen molar-refractivity contribution in [1.82, 2.24) is 4.98 Å². The Bertz CT molecular complexity index is 562. The van der Waals surface area contributed by atoms with Crippen molar-refractivity contribution in [2.45, 2.75) is 18.6 Å². The number of halogens is 4. The molecule has 0 bridgehead atoms.